The van der Waals surface area contributed by atoms with Crippen LogP contribution in [-0.2, 0) is 0 Å². The van der Waals surface area contributed by atoms with E-state index in [1.165, 1.54) is 12.1 Å². The number of nitrogens with two attached hydrogens (primary N) is 1. The van der Waals surface area contributed by atoms with Crippen LogP contribution < -0.4 is 10.6 Å². The molecule has 1 aromatic carbocycles. The minimum atomic E-state index is -0.438. The van der Waals surface area contributed by atoms with E-state index < -0.39 is 4.92 Å². The van der Waals surface area contributed by atoms with Crippen molar-refractivity contribution in [1.82, 2.24) is 4.98 Å². The van der Waals surface area contributed by atoms with Gasteiger partial charge in [-0.3, -0.25) is 10.1 Å². The molecule has 21 heavy (non-hydrogen) atoms. The lowest BCUT2D eigenvalue weighted by molar-refractivity contribution is -0.384. The summed E-state index contributed by atoms with van der Waals surface area (Å²) in [5.74, 6) is 0.639. The molecule has 0 bridgehead atoms. The number of nitrogens with zero attached hydrogens (tertiary/aromatic N) is 3. The molecule has 0 saturated carbocycles. The molecule has 1 fully saturated rings. The Morgan fingerprint density at radius 1 is 1.57 bits per heavy atom. The van der Waals surface area contributed by atoms with Crippen LogP contribution in [-0.4, -0.2) is 29.0 Å². The third kappa shape index (κ3) is 2.56. The van der Waals surface area contributed by atoms with Crippen LogP contribution in [0.15, 0.2) is 22.6 Å². The number of hydrogen-bond donors (Lipinski definition) is 1. The molecule has 112 valence electrons. The van der Waals surface area contributed by atoms with Crippen molar-refractivity contribution in [2.75, 3.05) is 18.0 Å². The van der Waals surface area contributed by atoms with Gasteiger partial charge in [0.2, 0.25) is 0 Å². The van der Waals surface area contributed by atoms with Crippen LogP contribution in [0, 0.1) is 16.0 Å². The Hall–Kier alpha value is -2.15. The maximum atomic E-state index is 10.8. The van der Waals surface area contributed by atoms with Crippen molar-refractivity contribution in [3.63, 3.8) is 0 Å². The van der Waals surface area contributed by atoms with E-state index in [1.807, 2.05) is 0 Å². The molecular weight excluding hydrogens is 272 g/mol. The van der Waals surface area contributed by atoms with Gasteiger partial charge in [0.05, 0.1) is 11.0 Å². The molecule has 0 radical (unpaired) electrons. The molecule has 2 aromatic rings. The van der Waals surface area contributed by atoms with E-state index in [9.17, 15) is 10.1 Å². The first kappa shape index (κ1) is 13.8. The van der Waals surface area contributed by atoms with Crippen LogP contribution in [0.4, 0.5) is 11.7 Å². The summed E-state index contributed by atoms with van der Waals surface area (Å²) in [5, 5.41) is 10.8. The number of nitro groups is 1. The summed E-state index contributed by atoms with van der Waals surface area (Å²) in [6, 6.07) is 5.18. The van der Waals surface area contributed by atoms with Gasteiger partial charge in [0, 0.05) is 25.2 Å². The molecule has 0 aliphatic carbocycles. The number of piperidine rings is 1. The third-order valence-electron chi connectivity index (χ3n) is 4.07. The average molecular weight is 290 g/mol. The Morgan fingerprint density at radius 2 is 2.38 bits per heavy atom. The van der Waals surface area contributed by atoms with Gasteiger partial charge in [0.25, 0.3) is 11.7 Å². The summed E-state index contributed by atoms with van der Waals surface area (Å²) in [6.45, 7) is 3.61. The highest BCUT2D eigenvalue weighted by atomic mass is 16.6. The van der Waals surface area contributed by atoms with Crippen molar-refractivity contribution >= 4 is 22.8 Å². The maximum absolute atomic E-state index is 10.8. The summed E-state index contributed by atoms with van der Waals surface area (Å²) in [7, 11) is 0. The fourth-order valence-electron chi connectivity index (χ4n) is 2.86. The lowest BCUT2D eigenvalue weighted by atomic mass is 9.93. The first-order chi connectivity index (χ1) is 10.1. The average Bonchev–Trinajstić information content (AvgIpc) is 2.89. The first-order valence-electron chi connectivity index (χ1n) is 7.10. The van der Waals surface area contributed by atoms with Gasteiger partial charge >= 0.3 is 0 Å². The molecule has 1 aliphatic rings. The Kier molecular flexibility index (Phi) is 3.50. The molecule has 3 rings (SSSR count). The zero-order valence-corrected chi connectivity index (χ0v) is 11.9. The molecule has 2 N–H and O–H groups in total. The second-order valence-corrected chi connectivity index (χ2v) is 5.62. The zero-order valence-electron chi connectivity index (χ0n) is 11.9. The van der Waals surface area contributed by atoms with Gasteiger partial charge in [-0.05, 0) is 24.8 Å². The van der Waals surface area contributed by atoms with E-state index in [2.05, 4.69) is 16.8 Å². The van der Waals surface area contributed by atoms with E-state index in [0.717, 1.165) is 19.4 Å². The Bertz CT molecular complexity index is 669. The number of aromatic nitrogens is 1. The fourth-order valence-corrected chi connectivity index (χ4v) is 2.86. The second kappa shape index (κ2) is 5.33. The third-order valence-corrected chi connectivity index (χ3v) is 4.07. The number of anilines is 1. The Morgan fingerprint density at radius 3 is 3.10 bits per heavy atom. The molecule has 0 spiro atoms. The van der Waals surface area contributed by atoms with Crippen LogP contribution in [0.25, 0.3) is 11.1 Å². The summed E-state index contributed by atoms with van der Waals surface area (Å²) >= 11 is 0. The summed E-state index contributed by atoms with van der Waals surface area (Å²) in [5.41, 5.74) is 6.93. The first-order valence-corrected chi connectivity index (χ1v) is 7.10. The Balaban J connectivity index is 1.94. The number of benzene rings is 1. The number of rotatable bonds is 3. The van der Waals surface area contributed by atoms with E-state index in [1.54, 1.807) is 6.07 Å². The molecular formula is C14H18N4O3. The van der Waals surface area contributed by atoms with Gasteiger partial charge in [0.15, 0.2) is 5.58 Å². The van der Waals surface area contributed by atoms with Crippen molar-refractivity contribution < 1.29 is 9.34 Å². The highest BCUT2D eigenvalue weighted by Gasteiger charge is 2.28. The highest BCUT2D eigenvalue weighted by Crippen LogP contribution is 2.30. The zero-order chi connectivity index (χ0) is 15.0. The number of nitro benzene ring substituents is 1. The monoisotopic (exact) mass is 290 g/mol. The molecule has 2 heterocycles. The van der Waals surface area contributed by atoms with E-state index in [0.29, 0.717) is 29.6 Å². The van der Waals surface area contributed by atoms with Crippen LogP contribution in [0.5, 0.6) is 0 Å². The lowest BCUT2D eigenvalue weighted by Gasteiger charge is -2.36. The molecule has 1 aromatic heterocycles. The molecule has 2 atom stereocenters. The van der Waals surface area contributed by atoms with Crippen molar-refractivity contribution in [1.29, 1.82) is 0 Å². The van der Waals surface area contributed by atoms with Gasteiger partial charge in [-0.2, -0.15) is 4.98 Å². The smallest absolute Gasteiger partial charge is 0.298 e. The standard InChI is InChI=1S/C14H18N4O3/c1-9-4-5-17(11(6-9)8-15)14-16-12-3-2-10(18(19)20)7-13(12)21-14/h2-3,7,9,11H,4-6,8,15H2,1H3. The molecule has 7 nitrogen and oxygen atoms in total. The number of fused-ring (bicyclic) bond motifs is 1. The van der Waals surface area contributed by atoms with Crippen LogP contribution in [0.1, 0.15) is 19.8 Å². The van der Waals surface area contributed by atoms with Crippen molar-refractivity contribution in [2.45, 2.75) is 25.8 Å². The van der Waals surface area contributed by atoms with Gasteiger partial charge < -0.3 is 15.1 Å². The second-order valence-electron chi connectivity index (χ2n) is 5.62. The van der Waals surface area contributed by atoms with Crippen molar-refractivity contribution in [3.05, 3.63) is 28.3 Å². The lowest BCUT2D eigenvalue weighted by Crippen LogP contribution is -2.46. The normalized spacial score (nSPS) is 22.7. The number of non-ortho nitro benzene ring substituents is 1. The van der Waals surface area contributed by atoms with Crippen LogP contribution in [0.3, 0.4) is 0 Å². The minimum absolute atomic E-state index is 0.00726. The summed E-state index contributed by atoms with van der Waals surface area (Å²) in [4.78, 5) is 16.9. The predicted molar refractivity (Wildman–Crippen MR) is 79.2 cm³/mol. The SMILES string of the molecule is CC1CCN(c2nc3ccc([N+](=O)[O-])cc3o2)C(CN)C1. The topological polar surface area (TPSA) is 98.4 Å². The fraction of sp³-hybridized carbons (Fsp3) is 0.500. The van der Waals surface area contributed by atoms with E-state index >= 15 is 0 Å². The van der Waals surface area contributed by atoms with Crippen molar-refractivity contribution in [3.8, 4) is 0 Å². The highest BCUT2D eigenvalue weighted by molar-refractivity contribution is 5.77. The van der Waals surface area contributed by atoms with Gasteiger partial charge in [-0.1, -0.05) is 6.92 Å². The minimum Gasteiger partial charge on any atom is -0.423 e. The van der Waals surface area contributed by atoms with Gasteiger partial charge in [0.1, 0.15) is 5.52 Å². The van der Waals surface area contributed by atoms with Gasteiger partial charge in [-0.15, -0.1) is 0 Å². The molecule has 7 heteroatoms. The Labute approximate surface area is 121 Å². The summed E-state index contributed by atoms with van der Waals surface area (Å²) in [6.07, 6.45) is 2.07. The van der Waals surface area contributed by atoms with E-state index in [-0.39, 0.29) is 11.7 Å². The number of hydrogen-bond acceptors (Lipinski definition) is 6. The summed E-state index contributed by atoms with van der Waals surface area (Å²) < 4.78 is 5.72. The van der Waals surface area contributed by atoms with Crippen LogP contribution in [0.2, 0.25) is 0 Å². The predicted octanol–water partition coefficient (Wildman–Crippen LogP) is 2.30. The maximum Gasteiger partial charge on any atom is 0.298 e. The molecule has 1 saturated heterocycles. The molecule has 2 unspecified atom stereocenters. The number of oxazole rings is 1. The van der Waals surface area contributed by atoms with Crippen molar-refractivity contribution in [2.24, 2.45) is 11.7 Å². The van der Waals surface area contributed by atoms with Crippen LogP contribution >= 0.6 is 0 Å². The van der Waals surface area contributed by atoms with E-state index in [4.69, 9.17) is 10.2 Å². The molecule has 1 aliphatic heterocycles. The quantitative estimate of drug-likeness (QED) is 0.688. The molecule has 0 amide bonds. The largest absolute Gasteiger partial charge is 0.423 e. The van der Waals surface area contributed by atoms with Gasteiger partial charge in [-0.25, -0.2) is 0 Å².